The fourth-order valence-electron chi connectivity index (χ4n) is 8.40. The molecule has 2 saturated heterocycles. The minimum atomic E-state index is -1.13. The SMILES string of the molecule is CC[C@H](C)[C@@H]([C@@H](CC(=O)N1CCC[C@H]1C(OC)[C@@H](C)C(=O)N[C@@H](Cc1ccccc1)C(=O)O)OC)N(C)C(=O)[C@@H](CC(=O)[C@]1(C)CCCN1C)C(C)C. The molecule has 1 unspecified atom stereocenters. The zero-order chi connectivity index (χ0) is 39.6. The van der Waals surface area contributed by atoms with Gasteiger partial charge in [0, 0.05) is 46.6 Å². The number of carboxylic acids is 1. The van der Waals surface area contributed by atoms with Gasteiger partial charge in [0.1, 0.15) is 6.04 Å². The summed E-state index contributed by atoms with van der Waals surface area (Å²) in [5, 5.41) is 12.6. The summed E-state index contributed by atoms with van der Waals surface area (Å²) in [6.07, 6.45) is 2.84. The molecule has 0 bridgehead atoms. The van der Waals surface area contributed by atoms with E-state index in [0.717, 1.165) is 37.8 Å². The Morgan fingerprint density at radius 1 is 1.00 bits per heavy atom. The second-order valence-corrected chi connectivity index (χ2v) is 16.0. The van der Waals surface area contributed by atoms with Crippen molar-refractivity contribution < 1.29 is 38.6 Å². The van der Waals surface area contributed by atoms with Gasteiger partial charge in [-0.3, -0.25) is 24.1 Å². The van der Waals surface area contributed by atoms with Gasteiger partial charge in [0.05, 0.1) is 42.2 Å². The van der Waals surface area contributed by atoms with E-state index in [0.29, 0.717) is 13.0 Å². The van der Waals surface area contributed by atoms with Crippen LogP contribution in [0.15, 0.2) is 30.3 Å². The molecule has 2 N–H and O–H groups in total. The Morgan fingerprint density at radius 3 is 2.19 bits per heavy atom. The van der Waals surface area contributed by atoms with E-state index in [1.807, 2.05) is 65.1 Å². The van der Waals surface area contributed by atoms with Crippen LogP contribution in [0.25, 0.3) is 0 Å². The number of benzene rings is 1. The number of likely N-dealkylation sites (N-methyl/N-ethyl adjacent to an activating group) is 2. The lowest BCUT2D eigenvalue weighted by Crippen LogP contribution is -2.55. The molecule has 9 atom stereocenters. The lowest BCUT2D eigenvalue weighted by Gasteiger charge is -2.41. The maximum Gasteiger partial charge on any atom is 0.326 e. The molecule has 0 radical (unpaired) electrons. The number of aliphatic carboxylic acids is 1. The van der Waals surface area contributed by atoms with Crippen LogP contribution in [-0.4, -0.2) is 127 Å². The number of methoxy groups -OCH3 is 2. The number of carbonyl (C=O) groups excluding carboxylic acids is 4. The van der Waals surface area contributed by atoms with Gasteiger partial charge in [-0.25, -0.2) is 4.79 Å². The van der Waals surface area contributed by atoms with Crippen LogP contribution in [0.4, 0.5) is 0 Å². The molecule has 2 aliphatic rings. The van der Waals surface area contributed by atoms with Crippen LogP contribution in [-0.2, 0) is 39.9 Å². The number of hydrogen-bond donors (Lipinski definition) is 2. The molecule has 298 valence electrons. The summed E-state index contributed by atoms with van der Waals surface area (Å²) in [5.74, 6) is -3.12. The molecular weight excluding hydrogens is 676 g/mol. The monoisotopic (exact) mass is 742 g/mol. The average Bonchev–Trinajstić information content (AvgIpc) is 3.76. The first kappa shape index (κ1) is 44.0. The van der Waals surface area contributed by atoms with Gasteiger partial charge in [-0.1, -0.05) is 71.4 Å². The molecule has 0 aromatic heterocycles. The molecule has 0 spiro atoms. The second-order valence-electron chi connectivity index (χ2n) is 16.0. The maximum atomic E-state index is 14.3. The van der Waals surface area contributed by atoms with Gasteiger partial charge < -0.3 is 29.7 Å². The van der Waals surface area contributed by atoms with E-state index in [1.165, 1.54) is 7.11 Å². The minimum Gasteiger partial charge on any atom is -0.480 e. The molecule has 53 heavy (non-hydrogen) atoms. The quantitative estimate of drug-likeness (QED) is 0.198. The fourth-order valence-corrected chi connectivity index (χ4v) is 8.40. The van der Waals surface area contributed by atoms with Crippen molar-refractivity contribution in [2.75, 3.05) is 41.4 Å². The highest BCUT2D eigenvalue weighted by Crippen LogP contribution is 2.34. The van der Waals surface area contributed by atoms with E-state index >= 15 is 0 Å². The van der Waals surface area contributed by atoms with Crippen LogP contribution in [0.2, 0.25) is 0 Å². The average molecular weight is 743 g/mol. The van der Waals surface area contributed by atoms with Gasteiger partial charge in [0.25, 0.3) is 0 Å². The third kappa shape index (κ3) is 10.7. The Labute approximate surface area is 317 Å². The first-order chi connectivity index (χ1) is 25.0. The number of rotatable bonds is 20. The van der Waals surface area contributed by atoms with E-state index in [2.05, 4.69) is 17.1 Å². The molecule has 1 aromatic carbocycles. The van der Waals surface area contributed by atoms with Crippen molar-refractivity contribution in [1.29, 1.82) is 0 Å². The largest absolute Gasteiger partial charge is 0.480 e. The molecule has 2 aliphatic heterocycles. The highest BCUT2D eigenvalue weighted by atomic mass is 16.5. The minimum absolute atomic E-state index is 0.00780. The number of ether oxygens (including phenoxy) is 2. The molecule has 3 rings (SSSR count). The number of amides is 3. The molecule has 12 nitrogen and oxygen atoms in total. The third-order valence-electron chi connectivity index (χ3n) is 12.3. The fraction of sp³-hybridized carbons (Fsp3) is 0.732. The van der Waals surface area contributed by atoms with Crippen LogP contribution in [0.1, 0.15) is 92.1 Å². The lowest BCUT2D eigenvalue weighted by atomic mass is 9.81. The Balaban J connectivity index is 1.77. The van der Waals surface area contributed by atoms with Crippen molar-refractivity contribution in [1.82, 2.24) is 20.0 Å². The molecule has 2 fully saturated rings. The third-order valence-corrected chi connectivity index (χ3v) is 12.3. The summed E-state index contributed by atoms with van der Waals surface area (Å²) in [4.78, 5) is 73.3. The summed E-state index contributed by atoms with van der Waals surface area (Å²) in [7, 11) is 6.80. The molecule has 12 heteroatoms. The van der Waals surface area contributed by atoms with E-state index in [1.54, 1.807) is 30.9 Å². The lowest BCUT2D eigenvalue weighted by molar-refractivity contribution is -0.149. The van der Waals surface area contributed by atoms with Gasteiger partial charge in [-0.15, -0.1) is 0 Å². The number of ketones is 1. The topological polar surface area (TPSA) is 146 Å². The first-order valence-electron chi connectivity index (χ1n) is 19.5. The zero-order valence-corrected chi connectivity index (χ0v) is 33.8. The van der Waals surface area contributed by atoms with Crippen molar-refractivity contribution in [3.8, 4) is 0 Å². The second kappa shape index (κ2) is 19.8. The van der Waals surface area contributed by atoms with E-state index in [4.69, 9.17) is 9.47 Å². The van der Waals surface area contributed by atoms with Crippen molar-refractivity contribution in [2.45, 2.75) is 129 Å². The summed E-state index contributed by atoms with van der Waals surface area (Å²) in [6, 6.07) is 7.17. The number of carbonyl (C=O) groups is 5. The van der Waals surface area contributed by atoms with Crippen LogP contribution in [0.3, 0.4) is 0 Å². The van der Waals surface area contributed by atoms with Crippen LogP contribution in [0, 0.1) is 23.7 Å². The van der Waals surface area contributed by atoms with Crippen molar-refractivity contribution >= 4 is 29.5 Å². The normalized spacial score (nSPS) is 23.2. The Bertz CT molecular complexity index is 1390. The number of nitrogens with zero attached hydrogens (tertiary/aromatic N) is 3. The van der Waals surface area contributed by atoms with Gasteiger partial charge in [-0.05, 0) is 63.6 Å². The Kier molecular flexibility index (Phi) is 16.5. The molecule has 0 aliphatic carbocycles. The summed E-state index contributed by atoms with van der Waals surface area (Å²) < 4.78 is 11.9. The number of nitrogens with one attached hydrogen (secondary N) is 1. The highest BCUT2D eigenvalue weighted by molar-refractivity contribution is 5.93. The van der Waals surface area contributed by atoms with E-state index in [9.17, 15) is 29.1 Å². The van der Waals surface area contributed by atoms with Gasteiger partial charge in [0.2, 0.25) is 17.7 Å². The van der Waals surface area contributed by atoms with Gasteiger partial charge in [0.15, 0.2) is 5.78 Å². The Morgan fingerprint density at radius 2 is 1.66 bits per heavy atom. The molecule has 2 heterocycles. The van der Waals surface area contributed by atoms with E-state index < -0.39 is 59.6 Å². The molecule has 0 saturated carbocycles. The number of hydrogen-bond acceptors (Lipinski definition) is 8. The summed E-state index contributed by atoms with van der Waals surface area (Å²) >= 11 is 0. The van der Waals surface area contributed by atoms with E-state index in [-0.39, 0.29) is 48.7 Å². The molecule has 3 amide bonds. The van der Waals surface area contributed by atoms with Crippen LogP contribution < -0.4 is 5.32 Å². The van der Waals surface area contributed by atoms with Crippen molar-refractivity contribution in [2.24, 2.45) is 23.7 Å². The van der Waals surface area contributed by atoms with Crippen molar-refractivity contribution in [3.63, 3.8) is 0 Å². The van der Waals surface area contributed by atoms with Crippen molar-refractivity contribution in [3.05, 3.63) is 35.9 Å². The number of Topliss-reactive ketones (excluding diaryl/α,β-unsaturated/α-hetero) is 1. The molecule has 1 aromatic rings. The zero-order valence-electron chi connectivity index (χ0n) is 33.8. The van der Waals surface area contributed by atoms with Gasteiger partial charge in [-0.2, -0.15) is 0 Å². The standard InChI is InChI=1S/C41H66N4O8/c1-11-27(4)36(44(8)39(49)30(26(2)3)24-34(46)41(6)20-16-21-43(41)7)33(52-9)25-35(47)45-22-15-19-32(45)37(53-10)28(5)38(48)42-31(40(50)51)23-29-17-13-12-14-18-29/h12-14,17-18,26-28,30-33,36-37H,11,15-16,19-25H2,1-10H3,(H,42,48)(H,50,51)/t27-,28+,30-,31-,32-,33+,36-,37?,41-/m0/s1. The van der Waals surface area contributed by atoms with Crippen LogP contribution in [0.5, 0.6) is 0 Å². The predicted octanol–water partition coefficient (Wildman–Crippen LogP) is 4.43. The molecular formula is C41H66N4O8. The summed E-state index contributed by atoms with van der Waals surface area (Å²) in [6.45, 7) is 13.1. The Hall–Kier alpha value is -3.35. The number of carboxylic acid groups (broad SMARTS) is 1. The first-order valence-corrected chi connectivity index (χ1v) is 19.5. The van der Waals surface area contributed by atoms with Gasteiger partial charge >= 0.3 is 5.97 Å². The predicted molar refractivity (Wildman–Crippen MR) is 204 cm³/mol. The maximum absolute atomic E-state index is 14.3. The highest BCUT2D eigenvalue weighted by Gasteiger charge is 2.45. The smallest absolute Gasteiger partial charge is 0.326 e. The number of likely N-dealkylation sites (tertiary alicyclic amines) is 2. The summed E-state index contributed by atoms with van der Waals surface area (Å²) in [5.41, 5.74) is 0.215. The van der Waals surface area contributed by atoms with Crippen LogP contribution >= 0.6 is 0 Å².